The van der Waals surface area contributed by atoms with E-state index < -0.39 is 0 Å². The van der Waals surface area contributed by atoms with Crippen LogP contribution in [0.15, 0.2) is 0 Å². The molecule has 0 atom stereocenters. The SMILES string of the molecule is O=C1CCCCCC(=O)C1. The summed E-state index contributed by atoms with van der Waals surface area (Å²) in [5.74, 6) is 0.259. The first-order valence-corrected chi connectivity index (χ1v) is 3.82. The molecule has 1 saturated carbocycles. The Morgan fingerprint density at radius 2 is 1.30 bits per heavy atom. The molecule has 0 aromatic carbocycles. The molecule has 0 spiro atoms. The number of rotatable bonds is 0. The van der Waals surface area contributed by atoms with Crippen molar-refractivity contribution >= 4 is 11.6 Å². The van der Waals surface area contributed by atoms with Crippen LogP contribution in [0.5, 0.6) is 0 Å². The lowest BCUT2D eigenvalue weighted by Gasteiger charge is -2.05. The molecule has 0 unspecified atom stereocenters. The molecular formula is C8H12O2. The molecular weight excluding hydrogens is 128 g/mol. The summed E-state index contributed by atoms with van der Waals surface area (Å²) in [5, 5.41) is 0. The minimum Gasteiger partial charge on any atom is -0.299 e. The Balaban J connectivity index is 2.40. The van der Waals surface area contributed by atoms with Crippen LogP contribution in [-0.2, 0) is 9.59 Å². The fourth-order valence-corrected chi connectivity index (χ4v) is 1.22. The van der Waals surface area contributed by atoms with Crippen molar-refractivity contribution in [3.63, 3.8) is 0 Å². The van der Waals surface area contributed by atoms with Crippen LogP contribution in [0.25, 0.3) is 0 Å². The summed E-state index contributed by atoms with van der Waals surface area (Å²) in [6, 6.07) is 0. The Labute approximate surface area is 60.6 Å². The summed E-state index contributed by atoms with van der Waals surface area (Å²) in [7, 11) is 0. The van der Waals surface area contributed by atoms with E-state index in [1.165, 1.54) is 0 Å². The molecule has 0 bridgehead atoms. The lowest BCUT2D eigenvalue weighted by atomic mass is 9.99. The van der Waals surface area contributed by atoms with Crippen molar-refractivity contribution in [1.82, 2.24) is 0 Å². The summed E-state index contributed by atoms with van der Waals surface area (Å²) >= 11 is 0. The Hall–Kier alpha value is -0.660. The average molecular weight is 140 g/mol. The summed E-state index contributed by atoms with van der Waals surface area (Å²) in [5.41, 5.74) is 0. The van der Waals surface area contributed by atoms with Gasteiger partial charge in [0.25, 0.3) is 0 Å². The highest BCUT2D eigenvalue weighted by molar-refractivity contribution is 5.99. The van der Waals surface area contributed by atoms with Crippen molar-refractivity contribution in [1.29, 1.82) is 0 Å². The Morgan fingerprint density at radius 1 is 0.800 bits per heavy atom. The molecule has 0 aromatic heterocycles. The van der Waals surface area contributed by atoms with E-state index >= 15 is 0 Å². The zero-order valence-corrected chi connectivity index (χ0v) is 6.06. The van der Waals surface area contributed by atoms with E-state index in [1.54, 1.807) is 0 Å². The van der Waals surface area contributed by atoms with E-state index in [0.29, 0.717) is 12.8 Å². The van der Waals surface area contributed by atoms with Crippen molar-refractivity contribution < 1.29 is 9.59 Å². The summed E-state index contributed by atoms with van der Waals surface area (Å²) in [6.07, 6.45) is 4.42. The van der Waals surface area contributed by atoms with Gasteiger partial charge in [-0.2, -0.15) is 0 Å². The first-order valence-electron chi connectivity index (χ1n) is 3.82. The van der Waals surface area contributed by atoms with Gasteiger partial charge in [0.15, 0.2) is 0 Å². The topological polar surface area (TPSA) is 34.1 Å². The van der Waals surface area contributed by atoms with Gasteiger partial charge in [0.1, 0.15) is 11.6 Å². The van der Waals surface area contributed by atoms with Crippen LogP contribution in [0.1, 0.15) is 38.5 Å². The molecule has 0 aliphatic heterocycles. The van der Waals surface area contributed by atoms with Crippen LogP contribution < -0.4 is 0 Å². The fourth-order valence-electron chi connectivity index (χ4n) is 1.22. The molecule has 0 radical (unpaired) electrons. The summed E-state index contributed by atoms with van der Waals surface area (Å²) < 4.78 is 0. The van der Waals surface area contributed by atoms with E-state index in [2.05, 4.69) is 0 Å². The summed E-state index contributed by atoms with van der Waals surface area (Å²) in [6.45, 7) is 0. The molecule has 2 heteroatoms. The second-order valence-electron chi connectivity index (χ2n) is 2.81. The number of hydrogen-bond acceptors (Lipinski definition) is 2. The fraction of sp³-hybridized carbons (Fsp3) is 0.750. The molecule has 10 heavy (non-hydrogen) atoms. The molecule has 1 aliphatic rings. The highest BCUT2D eigenvalue weighted by Crippen LogP contribution is 2.11. The van der Waals surface area contributed by atoms with Gasteiger partial charge in [0.2, 0.25) is 0 Å². The molecule has 0 saturated heterocycles. The first kappa shape index (κ1) is 7.45. The smallest absolute Gasteiger partial charge is 0.140 e. The van der Waals surface area contributed by atoms with E-state index in [9.17, 15) is 9.59 Å². The molecule has 1 rings (SSSR count). The lowest BCUT2D eigenvalue weighted by Crippen LogP contribution is -2.09. The van der Waals surface area contributed by atoms with Gasteiger partial charge < -0.3 is 0 Å². The number of carbonyl (C=O) groups excluding carboxylic acids is 2. The van der Waals surface area contributed by atoms with Crippen LogP contribution in [0.3, 0.4) is 0 Å². The largest absolute Gasteiger partial charge is 0.299 e. The molecule has 1 aliphatic carbocycles. The van der Waals surface area contributed by atoms with E-state index in [0.717, 1.165) is 19.3 Å². The number of Topliss-reactive ketones (excluding diaryl/α,β-unsaturated/α-hetero) is 2. The Bertz CT molecular complexity index is 133. The molecule has 56 valence electrons. The molecule has 0 N–H and O–H groups in total. The third kappa shape index (κ3) is 2.29. The standard InChI is InChI=1S/C8H12O2/c9-7-4-2-1-3-5-8(10)6-7/h1-6H2. The quantitative estimate of drug-likeness (QED) is 0.477. The zero-order valence-electron chi connectivity index (χ0n) is 6.06. The predicted molar refractivity (Wildman–Crippen MR) is 37.7 cm³/mol. The Morgan fingerprint density at radius 3 is 1.80 bits per heavy atom. The maximum atomic E-state index is 10.8. The van der Waals surface area contributed by atoms with Gasteiger partial charge in [-0.25, -0.2) is 0 Å². The lowest BCUT2D eigenvalue weighted by molar-refractivity contribution is -0.127. The van der Waals surface area contributed by atoms with Crippen molar-refractivity contribution in [3.05, 3.63) is 0 Å². The van der Waals surface area contributed by atoms with Crippen LogP contribution in [0.4, 0.5) is 0 Å². The molecule has 2 nitrogen and oxygen atoms in total. The van der Waals surface area contributed by atoms with Gasteiger partial charge >= 0.3 is 0 Å². The first-order chi connectivity index (χ1) is 4.79. The normalized spacial score (nSPS) is 22.0. The third-order valence-electron chi connectivity index (χ3n) is 1.81. The monoisotopic (exact) mass is 140 g/mol. The third-order valence-corrected chi connectivity index (χ3v) is 1.81. The van der Waals surface area contributed by atoms with Crippen LogP contribution in [0.2, 0.25) is 0 Å². The zero-order chi connectivity index (χ0) is 7.40. The number of ketones is 2. The van der Waals surface area contributed by atoms with E-state index in [1.807, 2.05) is 0 Å². The van der Waals surface area contributed by atoms with Gasteiger partial charge in [-0.05, 0) is 12.8 Å². The maximum absolute atomic E-state index is 10.8. The van der Waals surface area contributed by atoms with Crippen LogP contribution in [0, 0.1) is 0 Å². The molecule has 0 heterocycles. The Kier molecular flexibility index (Phi) is 2.60. The number of carbonyl (C=O) groups is 2. The van der Waals surface area contributed by atoms with Gasteiger partial charge in [0.05, 0.1) is 6.42 Å². The second-order valence-corrected chi connectivity index (χ2v) is 2.81. The van der Waals surface area contributed by atoms with E-state index in [-0.39, 0.29) is 18.0 Å². The average Bonchev–Trinajstić information content (AvgIpc) is 1.83. The van der Waals surface area contributed by atoms with Gasteiger partial charge in [-0.1, -0.05) is 6.42 Å². The van der Waals surface area contributed by atoms with Crippen LogP contribution in [-0.4, -0.2) is 11.6 Å². The van der Waals surface area contributed by atoms with Crippen LogP contribution >= 0.6 is 0 Å². The van der Waals surface area contributed by atoms with E-state index in [4.69, 9.17) is 0 Å². The maximum Gasteiger partial charge on any atom is 0.140 e. The minimum atomic E-state index is 0.129. The predicted octanol–water partition coefficient (Wildman–Crippen LogP) is 1.48. The summed E-state index contributed by atoms with van der Waals surface area (Å²) in [4.78, 5) is 21.7. The van der Waals surface area contributed by atoms with Crippen molar-refractivity contribution in [3.8, 4) is 0 Å². The molecule has 1 fully saturated rings. The highest BCUT2D eigenvalue weighted by Gasteiger charge is 2.11. The van der Waals surface area contributed by atoms with Crippen molar-refractivity contribution in [2.24, 2.45) is 0 Å². The molecule has 0 aromatic rings. The van der Waals surface area contributed by atoms with Crippen molar-refractivity contribution in [2.75, 3.05) is 0 Å². The minimum absolute atomic E-state index is 0.129. The van der Waals surface area contributed by atoms with Gasteiger partial charge in [-0.3, -0.25) is 9.59 Å². The highest BCUT2D eigenvalue weighted by atomic mass is 16.1. The molecule has 0 amide bonds. The second kappa shape index (κ2) is 3.49. The van der Waals surface area contributed by atoms with Gasteiger partial charge in [-0.15, -0.1) is 0 Å². The van der Waals surface area contributed by atoms with Crippen molar-refractivity contribution in [2.45, 2.75) is 38.5 Å². The van der Waals surface area contributed by atoms with Gasteiger partial charge in [0, 0.05) is 12.8 Å². The number of hydrogen-bond donors (Lipinski definition) is 0.